The van der Waals surface area contributed by atoms with E-state index in [1.54, 1.807) is 26.0 Å². The van der Waals surface area contributed by atoms with Crippen LogP contribution in [-0.2, 0) is 4.79 Å². The molecule has 1 atom stereocenters. The highest BCUT2D eigenvalue weighted by Crippen LogP contribution is 2.59. The Kier molecular flexibility index (Phi) is 3.98. The second kappa shape index (κ2) is 5.69. The number of carbonyl (C=O) groups excluding carboxylic acids is 1. The molecule has 1 aliphatic rings. The predicted molar refractivity (Wildman–Crippen MR) is 88.0 cm³/mol. The molecule has 2 N–H and O–H groups in total. The fourth-order valence-corrected chi connectivity index (χ4v) is 2.77. The van der Waals surface area contributed by atoms with Gasteiger partial charge in [-0.1, -0.05) is 12.1 Å². The van der Waals surface area contributed by atoms with Crippen LogP contribution in [0.25, 0.3) is 0 Å². The molecule has 8 heteroatoms. The lowest BCUT2D eigenvalue weighted by atomic mass is 10.1. The molecule has 0 aliphatic heterocycles. The third kappa shape index (κ3) is 3.59. The molecule has 1 amide bonds. The number of hydrogen-bond donors (Lipinski definition) is 2. The Balaban J connectivity index is 1.64. The third-order valence-corrected chi connectivity index (χ3v) is 4.51. The van der Waals surface area contributed by atoms with Crippen molar-refractivity contribution in [1.29, 1.82) is 0 Å². The summed E-state index contributed by atoms with van der Waals surface area (Å²) in [7, 11) is 0. The van der Waals surface area contributed by atoms with Crippen molar-refractivity contribution in [2.75, 3.05) is 5.32 Å². The van der Waals surface area contributed by atoms with Gasteiger partial charge in [0.05, 0.1) is 0 Å². The molecular weight excluding hydrogens is 339 g/mol. The second-order valence-electron chi connectivity index (χ2n) is 5.99. The number of aromatic amines is 1. The lowest BCUT2D eigenvalue weighted by molar-refractivity contribution is -0.128. The number of carbonyl (C=O) groups is 1. The molecule has 1 aromatic heterocycles. The average molecular weight is 355 g/mol. The number of benzene rings is 1. The summed E-state index contributed by atoms with van der Waals surface area (Å²) >= 11 is 12.1. The zero-order chi connectivity index (χ0) is 16.7. The number of halogens is 2. The quantitative estimate of drug-likeness (QED) is 0.807. The van der Waals surface area contributed by atoms with E-state index in [0.29, 0.717) is 5.75 Å². The number of rotatable bonds is 5. The lowest BCUT2D eigenvalue weighted by Crippen LogP contribution is -2.42. The van der Waals surface area contributed by atoms with Crippen LogP contribution in [0.15, 0.2) is 30.6 Å². The number of hydrogen-bond acceptors (Lipinski definition) is 4. The van der Waals surface area contributed by atoms with Gasteiger partial charge in [-0.05, 0) is 38.0 Å². The fraction of sp³-hybridized carbons (Fsp3) is 0.400. The highest BCUT2D eigenvalue weighted by atomic mass is 35.5. The van der Waals surface area contributed by atoms with E-state index in [1.807, 2.05) is 12.1 Å². The van der Waals surface area contributed by atoms with Crippen LogP contribution in [0, 0.1) is 0 Å². The smallest absolute Gasteiger partial charge is 0.270 e. The van der Waals surface area contributed by atoms with Crippen LogP contribution in [0.4, 0.5) is 5.95 Å². The highest BCUT2D eigenvalue weighted by molar-refractivity contribution is 6.51. The number of H-pyrrole nitrogens is 1. The predicted octanol–water partition coefficient (Wildman–Crippen LogP) is 3.26. The first kappa shape index (κ1) is 16.1. The van der Waals surface area contributed by atoms with Crippen molar-refractivity contribution in [2.45, 2.75) is 36.1 Å². The van der Waals surface area contributed by atoms with Gasteiger partial charge in [-0.3, -0.25) is 10.1 Å². The minimum absolute atomic E-state index is 0.155. The molecule has 2 aromatic rings. The van der Waals surface area contributed by atoms with E-state index in [2.05, 4.69) is 20.5 Å². The molecule has 3 rings (SSSR count). The van der Waals surface area contributed by atoms with Gasteiger partial charge in [-0.2, -0.15) is 10.1 Å². The molecule has 0 spiro atoms. The summed E-state index contributed by atoms with van der Waals surface area (Å²) in [4.78, 5) is 16.1. The molecule has 1 heterocycles. The fourth-order valence-electron chi connectivity index (χ4n) is 2.21. The van der Waals surface area contributed by atoms with Gasteiger partial charge in [0.15, 0.2) is 5.60 Å². The maximum atomic E-state index is 12.2. The monoisotopic (exact) mass is 354 g/mol. The third-order valence-electron chi connectivity index (χ3n) is 3.68. The Morgan fingerprint density at radius 1 is 1.39 bits per heavy atom. The van der Waals surface area contributed by atoms with Gasteiger partial charge in [0.25, 0.3) is 5.91 Å². The van der Waals surface area contributed by atoms with Crippen molar-refractivity contribution in [3.63, 3.8) is 0 Å². The Morgan fingerprint density at radius 2 is 2.04 bits per heavy atom. The summed E-state index contributed by atoms with van der Waals surface area (Å²) < 4.78 is 5.13. The summed E-state index contributed by atoms with van der Waals surface area (Å²) in [5.41, 5.74) is -0.0114. The van der Waals surface area contributed by atoms with Crippen LogP contribution >= 0.6 is 23.2 Å². The summed E-state index contributed by atoms with van der Waals surface area (Å²) in [5, 5.41) is 8.84. The lowest BCUT2D eigenvalue weighted by Gasteiger charge is -2.24. The molecule has 6 nitrogen and oxygen atoms in total. The van der Waals surface area contributed by atoms with Crippen LogP contribution in [0.5, 0.6) is 5.75 Å². The van der Waals surface area contributed by atoms with E-state index in [9.17, 15) is 4.79 Å². The summed E-state index contributed by atoms with van der Waals surface area (Å²) in [5.74, 6) is 0.682. The van der Waals surface area contributed by atoms with Crippen LogP contribution in [0.1, 0.15) is 31.7 Å². The maximum absolute atomic E-state index is 12.2. The van der Waals surface area contributed by atoms with E-state index in [-0.39, 0.29) is 17.8 Å². The van der Waals surface area contributed by atoms with Crippen molar-refractivity contribution in [1.82, 2.24) is 15.2 Å². The summed E-state index contributed by atoms with van der Waals surface area (Å²) in [6, 6.07) is 7.44. The minimum Gasteiger partial charge on any atom is -0.478 e. The van der Waals surface area contributed by atoms with Crippen LogP contribution < -0.4 is 10.1 Å². The molecule has 0 unspecified atom stereocenters. The number of aromatic nitrogens is 3. The summed E-state index contributed by atoms with van der Waals surface area (Å²) in [6.07, 6.45) is 2.06. The first-order valence-corrected chi connectivity index (χ1v) is 7.87. The normalized spacial score (nSPS) is 19.2. The van der Waals surface area contributed by atoms with Crippen molar-refractivity contribution in [3.05, 3.63) is 36.2 Å². The zero-order valence-corrected chi connectivity index (χ0v) is 14.1. The van der Waals surface area contributed by atoms with Gasteiger partial charge < -0.3 is 4.74 Å². The van der Waals surface area contributed by atoms with Gasteiger partial charge in [-0.25, -0.2) is 5.10 Å². The number of nitrogens with one attached hydrogen (secondary N) is 2. The number of amides is 1. The van der Waals surface area contributed by atoms with Gasteiger partial charge >= 0.3 is 0 Å². The van der Waals surface area contributed by atoms with E-state index in [1.165, 1.54) is 6.33 Å². The van der Waals surface area contributed by atoms with Gasteiger partial charge in [0, 0.05) is 5.92 Å². The highest BCUT2D eigenvalue weighted by Gasteiger charge is 2.52. The first-order valence-electron chi connectivity index (χ1n) is 7.11. The van der Waals surface area contributed by atoms with Gasteiger partial charge in [-0.15, -0.1) is 23.2 Å². The molecule has 23 heavy (non-hydrogen) atoms. The largest absolute Gasteiger partial charge is 0.478 e. The molecule has 0 saturated heterocycles. The molecule has 1 saturated carbocycles. The average Bonchev–Trinajstić information content (AvgIpc) is 2.87. The Labute approximate surface area is 143 Å². The van der Waals surface area contributed by atoms with Crippen molar-refractivity contribution in [2.24, 2.45) is 0 Å². The molecule has 122 valence electrons. The SMILES string of the molecule is CC(C)(Oc1ccc([C@H]2CC2(Cl)Cl)cc1)C(=O)Nc1ncn[nH]1. The van der Waals surface area contributed by atoms with E-state index < -0.39 is 9.93 Å². The molecule has 1 fully saturated rings. The molecule has 0 bridgehead atoms. The number of alkyl halides is 2. The van der Waals surface area contributed by atoms with Gasteiger partial charge in [0.1, 0.15) is 16.4 Å². The number of nitrogens with zero attached hydrogens (tertiary/aromatic N) is 2. The van der Waals surface area contributed by atoms with E-state index in [4.69, 9.17) is 27.9 Å². The molecule has 1 aromatic carbocycles. The van der Waals surface area contributed by atoms with Crippen LogP contribution in [-0.4, -0.2) is 31.0 Å². The van der Waals surface area contributed by atoms with Gasteiger partial charge in [0.2, 0.25) is 5.95 Å². The second-order valence-corrected chi connectivity index (χ2v) is 7.53. The maximum Gasteiger partial charge on any atom is 0.270 e. The van der Waals surface area contributed by atoms with E-state index in [0.717, 1.165) is 12.0 Å². The summed E-state index contributed by atoms with van der Waals surface area (Å²) in [6.45, 7) is 3.35. The standard InChI is InChI=1S/C15H16Cl2N4O2/c1-14(2,12(22)20-13-18-8-19-21-13)23-10-5-3-9(4-6-10)11-7-15(11,16)17/h3-6,8,11H,7H2,1-2H3,(H2,18,19,20,21,22)/t11-/m1/s1. The minimum atomic E-state index is -1.07. The van der Waals surface area contributed by atoms with Crippen molar-refractivity contribution < 1.29 is 9.53 Å². The van der Waals surface area contributed by atoms with Crippen LogP contribution in [0.2, 0.25) is 0 Å². The van der Waals surface area contributed by atoms with E-state index >= 15 is 0 Å². The Morgan fingerprint density at radius 3 is 2.57 bits per heavy atom. The Hall–Kier alpha value is -1.79. The number of ether oxygens (including phenoxy) is 1. The molecule has 0 radical (unpaired) electrons. The topological polar surface area (TPSA) is 79.9 Å². The molecule has 1 aliphatic carbocycles. The van der Waals surface area contributed by atoms with Crippen LogP contribution in [0.3, 0.4) is 0 Å². The number of anilines is 1. The first-order chi connectivity index (χ1) is 10.8. The van der Waals surface area contributed by atoms with Crippen molar-refractivity contribution >= 4 is 35.1 Å². The zero-order valence-electron chi connectivity index (χ0n) is 12.6. The molecular formula is C15H16Cl2N4O2. The Bertz CT molecular complexity index is 699. The van der Waals surface area contributed by atoms with Crippen molar-refractivity contribution in [3.8, 4) is 5.75 Å².